The van der Waals surface area contributed by atoms with Crippen LogP contribution in [0.2, 0.25) is 0 Å². The van der Waals surface area contributed by atoms with E-state index in [1.54, 1.807) is 0 Å². The summed E-state index contributed by atoms with van der Waals surface area (Å²) in [6, 6.07) is 0. The summed E-state index contributed by atoms with van der Waals surface area (Å²) in [5.41, 5.74) is -1.02. The molecular weight excluding hydrogens is 324 g/mol. The second-order valence-corrected chi connectivity index (χ2v) is 9.35. The highest BCUT2D eigenvalue weighted by Crippen LogP contribution is 2.68. The minimum atomic E-state index is -1.10. The van der Waals surface area contributed by atoms with Crippen molar-refractivity contribution in [2.24, 2.45) is 29.1 Å². The van der Waals surface area contributed by atoms with E-state index in [-0.39, 0.29) is 17.1 Å². The molecule has 0 aromatic heterocycles. The van der Waals surface area contributed by atoms with Crippen LogP contribution in [-0.4, -0.2) is 27.2 Å². The van der Waals surface area contributed by atoms with Gasteiger partial charge in [-0.25, -0.2) is 0 Å². The molecule has 0 amide bonds. The summed E-state index contributed by atoms with van der Waals surface area (Å²) in [6.07, 6.45) is 14.8. The molecule has 4 aliphatic carbocycles. The highest BCUT2D eigenvalue weighted by atomic mass is 16.3. The van der Waals surface area contributed by atoms with Gasteiger partial charge in [0, 0.05) is 11.8 Å². The van der Waals surface area contributed by atoms with Crippen LogP contribution in [0.1, 0.15) is 71.6 Å². The molecule has 0 radical (unpaired) electrons. The van der Waals surface area contributed by atoms with E-state index in [1.165, 1.54) is 5.57 Å². The Kier molecular flexibility index (Phi) is 4.18. The SMILES string of the molecule is C#C[C@]1(O)CCC2C3CCC4=CC(=O)CCC4C3C(O)(CC)C[C@@]21CC. The van der Waals surface area contributed by atoms with E-state index in [2.05, 4.69) is 19.8 Å². The number of allylic oxidation sites excluding steroid dienone is 1. The van der Waals surface area contributed by atoms with Crippen LogP contribution in [-0.2, 0) is 4.79 Å². The quantitative estimate of drug-likeness (QED) is 0.743. The average Bonchev–Trinajstić information content (AvgIpc) is 2.94. The number of hydrogen-bond acceptors (Lipinski definition) is 3. The van der Waals surface area contributed by atoms with E-state index in [9.17, 15) is 15.0 Å². The second-order valence-electron chi connectivity index (χ2n) is 9.35. The molecule has 26 heavy (non-hydrogen) atoms. The first kappa shape index (κ1) is 18.3. The first-order valence-corrected chi connectivity index (χ1v) is 10.5. The van der Waals surface area contributed by atoms with Gasteiger partial charge in [-0.05, 0) is 81.1 Å². The van der Waals surface area contributed by atoms with Gasteiger partial charge < -0.3 is 10.2 Å². The maximum Gasteiger partial charge on any atom is 0.155 e. The number of fused-ring (bicyclic) bond motifs is 5. The Bertz CT molecular complexity index is 688. The Morgan fingerprint density at radius 2 is 1.96 bits per heavy atom. The lowest BCUT2D eigenvalue weighted by Gasteiger charge is -2.62. The maximum absolute atomic E-state index is 11.9. The molecule has 0 spiro atoms. The standard InChI is InChI=1S/C23H32O3/c1-4-21-14-22(25,5-2)20-17-10-8-16(24)13-15(17)7-9-18(20)19(21)11-12-23(21,26)6-3/h3,13,17-20,25-26H,4-5,7-12,14H2,1-2H3/t17?,18?,19?,20?,21-,22?,23-/m0/s1. The number of rotatable bonds is 2. The van der Waals surface area contributed by atoms with Gasteiger partial charge in [-0.1, -0.05) is 25.3 Å². The predicted octanol–water partition coefficient (Wildman–Crippen LogP) is 3.63. The molecule has 0 aliphatic heterocycles. The van der Waals surface area contributed by atoms with Crippen LogP contribution in [0.25, 0.3) is 0 Å². The van der Waals surface area contributed by atoms with Crippen LogP contribution >= 0.6 is 0 Å². The molecule has 0 aromatic rings. The molecule has 0 bridgehead atoms. The molecule has 142 valence electrons. The topological polar surface area (TPSA) is 57.5 Å². The summed E-state index contributed by atoms with van der Waals surface area (Å²) in [5, 5.41) is 23.2. The second kappa shape index (κ2) is 5.94. The molecule has 3 fully saturated rings. The third kappa shape index (κ3) is 2.18. The Morgan fingerprint density at radius 3 is 2.62 bits per heavy atom. The molecule has 2 N–H and O–H groups in total. The van der Waals surface area contributed by atoms with Gasteiger partial charge >= 0.3 is 0 Å². The molecule has 3 heteroatoms. The summed E-state index contributed by atoms with van der Waals surface area (Å²) in [6.45, 7) is 4.20. The third-order valence-electron chi connectivity index (χ3n) is 8.78. The minimum absolute atomic E-state index is 0.199. The number of terminal acetylenes is 1. The molecule has 4 aliphatic rings. The van der Waals surface area contributed by atoms with Gasteiger partial charge in [0.1, 0.15) is 5.60 Å². The van der Waals surface area contributed by atoms with E-state index in [1.807, 2.05) is 6.08 Å². The minimum Gasteiger partial charge on any atom is -0.390 e. The Hall–Kier alpha value is -1.11. The van der Waals surface area contributed by atoms with Crippen molar-refractivity contribution in [1.82, 2.24) is 0 Å². The van der Waals surface area contributed by atoms with Gasteiger partial charge in [0.2, 0.25) is 0 Å². The number of ketones is 1. The molecule has 3 saturated carbocycles. The summed E-state index contributed by atoms with van der Waals surface area (Å²) in [4.78, 5) is 11.9. The summed E-state index contributed by atoms with van der Waals surface area (Å²) in [5.74, 6) is 4.28. The lowest BCUT2D eigenvalue weighted by molar-refractivity contribution is -0.200. The van der Waals surface area contributed by atoms with E-state index < -0.39 is 11.2 Å². The van der Waals surface area contributed by atoms with E-state index >= 15 is 0 Å². The van der Waals surface area contributed by atoms with E-state index in [4.69, 9.17) is 6.42 Å². The van der Waals surface area contributed by atoms with Crippen LogP contribution in [0, 0.1) is 41.4 Å². The smallest absolute Gasteiger partial charge is 0.155 e. The zero-order valence-electron chi connectivity index (χ0n) is 16.1. The number of carbonyl (C=O) groups is 1. The molecule has 4 rings (SSSR count). The Balaban J connectivity index is 1.81. The van der Waals surface area contributed by atoms with Crippen molar-refractivity contribution in [3.05, 3.63) is 11.6 Å². The number of carbonyl (C=O) groups excluding carboxylic acids is 1. The molecule has 7 atom stereocenters. The van der Waals surface area contributed by atoms with Crippen molar-refractivity contribution >= 4 is 5.78 Å². The van der Waals surface area contributed by atoms with Crippen LogP contribution in [0.4, 0.5) is 0 Å². The highest BCUT2D eigenvalue weighted by Gasteiger charge is 2.68. The largest absolute Gasteiger partial charge is 0.390 e. The van der Waals surface area contributed by atoms with Gasteiger partial charge in [-0.2, -0.15) is 0 Å². The van der Waals surface area contributed by atoms with Crippen molar-refractivity contribution in [3.63, 3.8) is 0 Å². The van der Waals surface area contributed by atoms with Crippen LogP contribution in [0.3, 0.4) is 0 Å². The lowest BCUT2D eigenvalue weighted by atomic mass is 9.44. The molecular formula is C23H32O3. The van der Waals surface area contributed by atoms with Crippen LogP contribution in [0.15, 0.2) is 11.6 Å². The normalized spacial score (nSPS) is 50.3. The lowest BCUT2D eigenvalue weighted by Crippen LogP contribution is -2.63. The fourth-order valence-corrected chi connectivity index (χ4v) is 7.59. The van der Waals surface area contributed by atoms with Crippen LogP contribution in [0.5, 0.6) is 0 Å². The van der Waals surface area contributed by atoms with Crippen molar-refractivity contribution < 1.29 is 15.0 Å². The van der Waals surface area contributed by atoms with Gasteiger partial charge in [0.25, 0.3) is 0 Å². The summed E-state index contributed by atoms with van der Waals surface area (Å²) < 4.78 is 0. The average molecular weight is 357 g/mol. The van der Waals surface area contributed by atoms with Crippen molar-refractivity contribution in [2.75, 3.05) is 0 Å². The molecule has 0 heterocycles. The van der Waals surface area contributed by atoms with E-state index in [0.29, 0.717) is 43.4 Å². The Labute approximate surface area is 157 Å². The maximum atomic E-state index is 11.9. The molecule has 0 aromatic carbocycles. The zero-order chi connectivity index (χ0) is 18.7. The zero-order valence-corrected chi connectivity index (χ0v) is 16.1. The molecule has 0 saturated heterocycles. The van der Waals surface area contributed by atoms with Crippen molar-refractivity contribution in [2.45, 2.75) is 82.8 Å². The Morgan fingerprint density at radius 1 is 1.19 bits per heavy atom. The van der Waals surface area contributed by atoms with Gasteiger partial charge in [-0.15, -0.1) is 6.42 Å². The first-order chi connectivity index (χ1) is 12.3. The van der Waals surface area contributed by atoms with Gasteiger partial charge in [0.15, 0.2) is 5.78 Å². The van der Waals surface area contributed by atoms with Crippen LogP contribution < -0.4 is 0 Å². The van der Waals surface area contributed by atoms with Gasteiger partial charge in [-0.3, -0.25) is 4.79 Å². The molecule has 3 nitrogen and oxygen atoms in total. The first-order valence-electron chi connectivity index (χ1n) is 10.5. The number of hydrogen-bond donors (Lipinski definition) is 2. The van der Waals surface area contributed by atoms with Crippen molar-refractivity contribution in [3.8, 4) is 12.3 Å². The highest BCUT2D eigenvalue weighted by molar-refractivity contribution is 5.91. The molecule has 5 unspecified atom stereocenters. The fraction of sp³-hybridized carbons (Fsp3) is 0.783. The summed E-state index contributed by atoms with van der Waals surface area (Å²) in [7, 11) is 0. The van der Waals surface area contributed by atoms with Gasteiger partial charge in [0.05, 0.1) is 5.60 Å². The predicted molar refractivity (Wildman–Crippen MR) is 101 cm³/mol. The fourth-order valence-electron chi connectivity index (χ4n) is 7.59. The number of aliphatic hydroxyl groups is 2. The monoisotopic (exact) mass is 356 g/mol. The van der Waals surface area contributed by atoms with Crippen molar-refractivity contribution in [1.29, 1.82) is 0 Å². The van der Waals surface area contributed by atoms with E-state index in [0.717, 1.165) is 32.1 Å². The third-order valence-corrected chi connectivity index (χ3v) is 8.78. The summed E-state index contributed by atoms with van der Waals surface area (Å²) >= 11 is 0.